The van der Waals surface area contributed by atoms with Crippen LogP contribution >= 0.6 is 0 Å². The van der Waals surface area contributed by atoms with Crippen LogP contribution in [0.5, 0.6) is 5.75 Å². The van der Waals surface area contributed by atoms with Gasteiger partial charge in [-0.1, -0.05) is 33.1 Å². The van der Waals surface area contributed by atoms with E-state index in [1.807, 2.05) is 38.1 Å². The topological polar surface area (TPSA) is 50.8 Å². The highest BCUT2D eigenvalue weighted by atomic mass is 16.5. The number of piperidine rings is 1. The molecule has 1 aliphatic heterocycles. The first kappa shape index (κ1) is 24.7. The number of nitrogens with one attached hydrogen (secondary N) is 1. The van der Waals surface area contributed by atoms with E-state index in [9.17, 15) is 4.79 Å². The number of carbonyl (C=O) groups excluding carboxylic acids is 1. The number of hydrogen-bond acceptors (Lipinski definition) is 4. The Morgan fingerprint density at radius 3 is 2.47 bits per heavy atom. The molecular weight excluding hydrogens is 376 g/mol. The third kappa shape index (κ3) is 8.27. The van der Waals surface area contributed by atoms with Gasteiger partial charge in [0.25, 0.3) is 5.91 Å². The molecule has 170 valence electrons. The second-order valence-electron chi connectivity index (χ2n) is 8.83. The molecule has 1 N–H and O–H groups in total. The Morgan fingerprint density at radius 1 is 1.13 bits per heavy atom. The first-order chi connectivity index (χ1) is 14.5. The summed E-state index contributed by atoms with van der Waals surface area (Å²) >= 11 is 0. The van der Waals surface area contributed by atoms with Gasteiger partial charge in [0.05, 0.1) is 6.61 Å². The Bertz CT molecular complexity index is 611. The lowest BCUT2D eigenvalue weighted by molar-refractivity contribution is -0.139. The van der Waals surface area contributed by atoms with Crippen LogP contribution < -0.4 is 10.1 Å². The van der Waals surface area contributed by atoms with Gasteiger partial charge >= 0.3 is 0 Å². The minimum atomic E-state index is -0.786. The molecule has 0 spiro atoms. The lowest BCUT2D eigenvalue weighted by Gasteiger charge is -2.30. The van der Waals surface area contributed by atoms with Crippen LogP contribution in [0, 0.1) is 5.92 Å². The molecule has 1 aromatic carbocycles. The molecule has 5 nitrogen and oxygen atoms in total. The van der Waals surface area contributed by atoms with E-state index in [0.717, 1.165) is 62.6 Å². The summed E-state index contributed by atoms with van der Waals surface area (Å²) < 4.78 is 11.7. The Morgan fingerprint density at radius 2 is 1.83 bits per heavy atom. The van der Waals surface area contributed by atoms with E-state index in [4.69, 9.17) is 9.47 Å². The van der Waals surface area contributed by atoms with Gasteiger partial charge in [0, 0.05) is 18.8 Å². The van der Waals surface area contributed by atoms with Crippen molar-refractivity contribution < 1.29 is 14.3 Å². The van der Waals surface area contributed by atoms with Gasteiger partial charge in [-0.05, 0) is 82.8 Å². The molecule has 0 saturated carbocycles. The van der Waals surface area contributed by atoms with Crippen molar-refractivity contribution in [2.75, 3.05) is 38.2 Å². The minimum Gasteiger partial charge on any atom is -0.494 e. The van der Waals surface area contributed by atoms with Crippen LogP contribution in [0.25, 0.3) is 0 Å². The zero-order chi connectivity index (χ0) is 21.8. The maximum Gasteiger partial charge on any atom is 0.256 e. The lowest BCUT2D eigenvalue weighted by Crippen LogP contribution is -2.42. The summed E-state index contributed by atoms with van der Waals surface area (Å²) in [5.74, 6) is 1.64. The number of ether oxygens (including phenoxy) is 2. The van der Waals surface area contributed by atoms with Gasteiger partial charge < -0.3 is 19.7 Å². The minimum absolute atomic E-state index is 0.0787. The summed E-state index contributed by atoms with van der Waals surface area (Å²) in [5.41, 5.74) is -0.0121. The van der Waals surface area contributed by atoms with Crippen molar-refractivity contribution in [1.29, 1.82) is 0 Å². The number of nitrogens with zero attached hydrogens (tertiary/aromatic N) is 1. The Balaban J connectivity index is 1.75. The standard InChI is InChI=1S/C25H42N2O3/c1-5-7-8-16-25(4,30-6-2)24(28)26-22-10-12-23(13-11-22)29-20-9-17-27-18-14-21(3)15-19-27/h10-13,21H,5-9,14-20H2,1-4H3,(H,26,28)/t25-/m0/s1. The SMILES string of the molecule is CCCCC[C@](C)(OCC)C(=O)Nc1ccc(OCCCN2CCC(C)CC2)cc1. The van der Waals surface area contributed by atoms with Gasteiger partial charge in [-0.25, -0.2) is 0 Å². The molecule has 1 aromatic rings. The zero-order valence-corrected chi connectivity index (χ0v) is 19.5. The van der Waals surface area contributed by atoms with Crippen LogP contribution in [0.15, 0.2) is 24.3 Å². The number of rotatable bonds is 13. The van der Waals surface area contributed by atoms with E-state index in [1.165, 1.54) is 25.9 Å². The number of likely N-dealkylation sites (tertiary alicyclic amines) is 1. The van der Waals surface area contributed by atoms with Crippen LogP contribution in [0.2, 0.25) is 0 Å². The normalized spacial score (nSPS) is 17.5. The van der Waals surface area contributed by atoms with Crippen LogP contribution in [-0.4, -0.2) is 49.3 Å². The third-order valence-electron chi connectivity index (χ3n) is 6.08. The number of anilines is 1. The summed E-state index contributed by atoms with van der Waals surface area (Å²) in [4.78, 5) is 15.4. The van der Waals surface area contributed by atoms with Crippen molar-refractivity contribution in [2.24, 2.45) is 5.92 Å². The summed E-state index contributed by atoms with van der Waals surface area (Å²) in [6, 6.07) is 7.65. The Labute approximate surface area is 183 Å². The largest absolute Gasteiger partial charge is 0.494 e. The second-order valence-corrected chi connectivity index (χ2v) is 8.83. The van der Waals surface area contributed by atoms with Gasteiger partial charge in [0.15, 0.2) is 0 Å². The summed E-state index contributed by atoms with van der Waals surface area (Å²) in [6.07, 6.45) is 7.63. The van der Waals surface area contributed by atoms with E-state index in [2.05, 4.69) is 24.1 Å². The highest BCUT2D eigenvalue weighted by molar-refractivity contribution is 5.97. The molecule has 0 radical (unpaired) electrons. The smallest absolute Gasteiger partial charge is 0.256 e. The summed E-state index contributed by atoms with van der Waals surface area (Å²) in [5, 5.41) is 3.01. The molecule has 5 heteroatoms. The third-order valence-corrected chi connectivity index (χ3v) is 6.08. The molecule has 1 saturated heterocycles. The fraction of sp³-hybridized carbons (Fsp3) is 0.720. The van der Waals surface area contributed by atoms with E-state index in [1.54, 1.807) is 0 Å². The summed E-state index contributed by atoms with van der Waals surface area (Å²) in [7, 11) is 0. The van der Waals surface area contributed by atoms with Crippen LogP contribution in [0.4, 0.5) is 5.69 Å². The molecule has 1 heterocycles. The molecule has 2 rings (SSSR count). The molecule has 0 bridgehead atoms. The van der Waals surface area contributed by atoms with Crippen molar-refractivity contribution >= 4 is 11.6 Å². The Hall–Kier alpha value is -1.59. The van der Waals surface area contributed by atoms with Gasteiger partial charge in [0.2, 0.25) is 0 Å². The average molecular weight is 419 g/mol. The number of hydrogen-bond donors (Lipinski definition) is 1. The van der Waals surface area contributed by atoms with E-state index in [0.29, 0.717) is 6.61 Å². The van der Waals surface area contributed by atoms with Gasteiger partial charge in [-0.2, -0.15) is 0 Å². The lowest BCUT2D eigenvalue weighted by atomic mass is 9.96. The van der Waals surface area contributed by atoms with Crippen molar-refractivity contribution in [3.05, 3.63) is 24.3 Å². The van der Waals surface area contributed by atoms with Crippen LogP contribution in [0.3, 0.4) is 0 Å². The first-order valence-corrected chi connectivity index (χ1v) is 11.9. The first-order valence-electron chi connectivity index (χ1n) is 11.9. The molecule has 30 heavy (non-hydrogen) atoms. The molecule has 1 amide bonds. The van der Waals surface area contributed by atoms with Crippen LogP contribution in [-0.2, 0) is 9.53 Å². The maximum absolute atomic E-state index is 12.8. The Kier molecular flexibility index (Phi) is 10.7. The number of carbonyl (C=O) groups is 1. The van der Waals surface area contributed by atoms with Crippen molar-refractivity contribution in [3.8, 4) is 5.75 Å². The number of unbranched alkanes of at least 4 members (excludes halogenated alkanes) is 2. The van der Waals surface area contributed by atoms with E-state index >= 15 is 0 Å². The van der Waals surface area contributed by atoms with Crippen molar-refractivity contribution in [1.82, 2.24) is 4.90 Å². The van der Waals surface area contributed by atoms with E-state index < -0.39 is 5.60 Å². The molecule has 1 aliphatic rings. The number of benzene rings is 1. The molecule has 0 aliphatic carbocycles. The molecule has 1 atom stereocenters. The van der Waals surface area contributed by atoms with Gasteiger partial charge in [0.1, 0.15) is 11.4 Å². The predicted octanol–water partition coefficient (Wildman–Crippen LogP) is 5.50. The fourth-order valence-electron chi connectivity index (χ4n) is 3.94. The monoisotopic (exact) mass is 418 g/mol. The highest BCUT2D eigenvalue weighted by Crippen LogP contribution is 2.23. The quantitative estimate of drug-likeness (QED) is 0.430. The maximum atomic E-state index is 12.8. The van der Waals surface area contributed by atoms with E-state index in [-0.39, 0.29) is 5.91 Å². The zero-order valence-electron chi connectivity index (χ0n) is 19.5. The molecular formula is C25H42N2O3. The van der Waals surface area contributed by atoms with Crippen molar-refractivity contribution in [3.63, 3.8) is 0 Å². The number of amides is 1. The van der Waals surface area contributed by atoms with Gasteiger partial charge in [-0.3, -0.25) is 4.79 Å². The van der Waals surface area contributed by atoms with Crippen LogP contribution in [0.1, 0.15) is 72.6 Å². The molecule has 1 fully saturated rings. The average Bonchev–Trinajstić information content (AvgIpc) is 2.74. The van der Waals surface area contributed by atoms with Crippen molar-refractivity contribution in [2.45, 2.75) is 78.2 Å². The molecule has 0 aromatic heterocycles. The second kappa shape index (κ2) is 13.0. The predicted molar refractivity (Wildman–Crippen MR) is 124 cm³/mol. The van der Waals surface area contributed by atoms with Gasteiger partial charge in [-0.15, -0.1) is 0 Å². The fourth-order valence-corrected chi connectivity index (χ4v) is 3.94. The molecule has 0 unspecified atom stereocenters. The summed E-state index contributed by atoms with van der Waals surface area (Å²) in [6.45, 7) is 13.1. The highest BCUT2D eigenvalue weighted by Gasteiger charge is 2.33.